The van der Waals surface area contributed by atoms with E-state index >= 15 is 0 Å². The second-order valence-corrected chi connectivity index (χ2v) is 5.22. The minimum atomic E-state index is -0.745. The van der Waals surface area contributed by atoms with Gasteiger partial charge in [-0.05, 0) is 18.8 Å². The molecule has 13 heavy (non-hydrogen) atoms. The molecule has 1 rings (SSSR count). The molecule has 0 aromatic rings. The van der Waals surface area contributed by atoms with Crippen LogP contribution in [-0.4, -0.2) is 35.0 Å². The van der Waals surface area contributed by atoms with E-state index in [-0.39, 0.29) is 6.04 Å². The maximum atomic E-state index is 11.5. The Balaban J connectivity index is 2.16. The van der Waals surface area contributed by atoms with Gasteiger partial charge in [0.25, 0.3) is 0 Å². The molecule has 0 radical (unpaired) electrons. The second kappa shape index (κ2) is 5.73. The molecule has 3 unspecified atom stereocenters. The first kappa shape index (κ1) is 11.1. The Labute approximate surface area is 82.5 Å². The SMILES string of the molecule is CCC(N)CS(=O)CC1CCOC1. The molecule has 2 N–H and O–H groups in total. The number of ether oxygens (including phenoxy) is 1. The van der Waals surface area contributed by atoms with Gasteiger partial charge in [-0.15, -0.1) is 0 Å². The number of hydrogen-bond donors (Lipinski definition) is 1. The monoisotopic (exact) mass is 205 g/mol. The molecule has 0 saturated carbocycles. The minimum absolute atomic E-state index is 0.100. The van der Waals surface area contributed by atoms with Gasteiger partial charge in [0, 0.05) is 35.0 Å². The molecule has 1 saturated heterocycles. The molecule has 78 valence electrons. The fraction of sp³-hybridized carbons (Fsp3) is 1.00. The molecule has 3 nitrogen and oxygen atoms in total. The van der Waals surface area contributed by atoms with Crippen LogP contribution in [0.3, 0.4) is 0 Å². The Morgan fingerprint density at radius 2 is 2.46 bits per heavy atom. The quantitative estimate of drug-likeness (QED) is 0.711. The first-order valence-electron chi connectivity index (χ1n) is 4.90. The Hall–Kier alpha value is 0.0700. The predicted octanol–water partition coefficient (Wildman–Crippen LogP) is 0.509. The average molecular weight is 205 g/mol. The van der Waals surface area contributed by atoms with Crippen LogP contribution < -0.4 is 5.73 Å². The van der Waals surface area contributed by atoms with Crippen LogP contribution in [0.5, 0.6) is 0 Å². The van der Waals surface area contributed by atoms with Crippen LogP contribution in [0.25, 0.3) is 0 Å². The van der Waals surface area contributed by atoms with E-state index in [4.69, 9.17) is 10.5 Å². The van der Waals surface area contributed by atoms with E-state index in [9.17, 15) is 4.21 Å². The van der Waals surface area contributed by atoms with Gasteiger partial charge >= 0.3 is 0 Å². The molecular weight excluding hydrogens is 186 g/mol. The number of nitrogens with two attached hydrogens (primary N) is 1. The Bertz CT molecular complexity index is 169. The molecule has 1 aliphatic heterocycles. The molecule has 4 heteroatoms. The van der Waals surface area contributed by atoms with E-state index in [0.29, 0.717) is 11.7 Å². The van der Waals surface area contributed by atoms with Gasteiger partial charge < -0.3 is 10.5 Å². The average Bonchev–Trinajstić information content (AvgIpc) is 2.56. The zero-order valence-corrected chi connectivity index (χ0v) is 9.02. The van der Waals surface area contributed by atoms with Crippen LogP contribution in [0.1, 0.15) is 19.8 Å². The summed E-state index contributed by atoms with van der Waals surface area (Å²) in [6.07, 6.45) is 1.97. The van der Waals surface area contributed by atoms with Crippen molar-refractivity contribution in [3.8, 4) is 0 Å². The fourth-order valence-corrected chi connectivity index (χ4v) is 3.04. The summed E-state index contributed by atoms with van der Waals surface area (Å²) >= 11 is 0. The summed E-state index contributed by atoms with van der Waals surface area (Å²) in [6.45, 7) is 3.65. The lowest BCUT2D eigenvalue weighted by molar-refractivity contribution is 0.189. The third-order valence-corrected chi connectivity index (χ3v) is 4.01. The van der Waals surface area contributed by atoms with Gasteiger partial charge in [0.05, 0.1) is 6.61 Å². The summed E-state index contributed by atoms with van der Waals surface area (Å²) in [7, 11) is -0.745. The van der Waals surface area contributed by atoms with Gasteiger partial charge in [-0.3, -0.25) is 4.21 Å². The molecule has 1 aliphatic rings. The molecule has 1 fully saturated rings. The maximum Gasteiger partial charge on any atom is 0.0503 e. The summed E-state index contributed by atoms with van der Waals surface area (Å²) in [4.78, 5) is 0. The highest BCUT2D eigenvalue weighted by molar-refractivity contribution is 7.85. The van der Waals surface area contributed by atoms with E-state index in [0.717, 1.165) is 31.8 Å². The third kappa shape index (κ3) is 4.20. The van der Waals surface area contributed by atoms with Crippen LogP contribution in [-0.2, 0) is 15.5 Å². The molecule has 0 aromatic carbocycles. The standard InChI is InChI=1S/C9H19NO2S/c1-2-9(10)7-13(11)6-8-3-4-12-5-8/h8-9H,2-7,10H2,1H3. The van der Waals surface area contributed by atoms with E-state index in [1.807, 2.05) is 6.92 Å². The lowest BCUT2D eigenvalue weighted by atomic mass is 10.2. The smallest absolute Gasteiger partial charge is 0.0503 e. The lowest BCUT2D eigenvalue weighted by Gasteiger charge is -2.10. The van der Waals surface area contributed by atoms with Crippen molar-refractivity contribution in [2.45, 2.75) is 25.8 Å². The van der Waals surface area contributed by atoms with Gasteiger partial charge in [0.2, 0.25) is 0 Å². The van der Waals surface area contributed by atoms with Crippen molar-refractivity contribution in [3.63, 3.8) is 0 Å². The van der Waals surface area contributed by atoms with Crippen molar-refractivity contribution in [1.82, 2.24) is 0 Å². The Morgan fingerprint density at radius 3 is 3.00 bits per heavy atom. The molecule has 0 bridgehead atoms. The zero-order valence-electron chi connectivity index (χ0n) is 8.20. The molecule has 0 spiro atoms. The summed E-state index contributed by atoms with van der Waals surface area (Å²) in [5.74, 6) is 1.92. The van der Waals surface area contributed by atoms with Gasteiger partial charge in [-0.2, -0.15) is 0 Å². The third-order valence-electron chi connectivity index (χ3n) is 2.37. The predicted molar refractivity (Wildman–Crippen MR) is 55.1 cm³/mol. The number of rotatable bonds is 5. The largest absolute Gasteiger partial charge is 0.381 e. The van der Waals surface area contributed by atoms with Gasteiger partial charge in [0.1, 0.15) is 0 Å². The van der Waals surface area contributed by atoms with Gasteiger partial charge in [0.15, 0.2) is 0 Å². The van der Waals surface area contributed by atoms with Gasteiger partial charge in [-0.25, -0.2) is 0 Å². The van der Waals surface area contributed by atoms with Crippen LogP contribution >= 0.6 is 0 Å². The topological polar surface area (TPSA) is 52.3 Å². The Morgan fingerprint density at radius 1 is 1.69 bits per heavy atom. The number of hydrogen-bond acceptors (Lipinski definition) is 3. The fourth-order valence-electron chi connectivity index (χ4n) is 1.40. The summed E-state index contributed by atoms with van der Waals surface area (Å²) in [6, 6.07) is 0.100. The van der Waals surface area contributed by atoms with Crippen molar-refractivity contribution in [3.05, 3.63) is 0 Å². The normalized spacial score (nSPS) is 27.4. The minimum Gasteiger partial charge on any atom is -0.381 e. The highest BCUT2D eigenvalue weighted by Gasteiger charge is 2.18. The zero-order chi connectivity index (χ0) is 9.68. The van der Waals surface area contributed by atoms with Crippen molar-refractivity contribution < 1.29 is 8.95 Å². The molecule has 0 aromatic heterocycles. The van der Waals surface area contributed by atoms with Crippen LogP contribution in [0.4, 0.5) is 0 Å². The lowest BCUT2D eigenvalue weighted by Crippen LogP contribution is -2.28. The molecule has 0 aliphatic carbocycles. The van der Waals surface area contributed by atoms with Crippen LogP contribution in [0.2, 0.25) is 0 Å². The first-order valence-corrected chi connectivity index (χ1v) is 6.39. The Kier molecular flexibility index (Phi) is 4.91. The molecule has 0 amide bonds. The van der Waals surface area contributed by atoms with Crippen LogP contribution in [0.15, 0.2) is 0 Å². The van der Waals surface area contributed by atoms with E-state index in [1.165, 1.54) is 0 Å². The van der Waals surface area contributed by atoms with Crippen LogP contribution in [0, 0.1) is 5.92 Å². The van der Waals surface area contributed by atoms with Crippen molar-refractivity contribution in [2.75, 3.05) is 24.7 Å². The molecule has 3 atom stereocenters. The maximum absolute atomic E-state index is 11.5. The van der Waals surface area contributed by atoms with Gasteiger partial charge in [-0.1, -0.05) is 6.92 Å². The first-order chi connectivity index (χ1) is 6.22. The van der Waals surface area contributed by atoms with Crippen molar-refractivity contribution in [2.24, 2.45) is 11.7 Å². The van der Waals surface area contributed by atoms with E-state index in [1.54, 1.807) is 0 Å². The summed E-state index contributed by atoms with van der Waals surface area (Å²) in [5.41, 5.74) is 5.72. The highest BCUT2D eigenvalue weighted by Crippen LogP contribution is 2.13. The van der Waals surface area contributed by atoms with E-state index in [2.05, 4.69) is 0 Å². The second-order valence-electron chi connectivity index (χ2n) is 3.67. The van der Waals surface area contributed by atoms with Crippen molar-refractivity contribution in [1.29, 1.82) is 0 Å². The molecule has 1 heterocycles. The molecular formula is C9H19NO2S. The van der Waals surface area contributed by atoms with E-state index < -0.39 is 10.8 Å². The highest BCUT2D eigenvalue weighted by atomic mass is 32.2. The van der Waals surface area contributed by atoms with Crippen molar-refractivity contribution >= 4 is 10.8 Å². The summed E-state index contributed by atoms with van der Waals surface area (Å²) < 4.78 is 16.8. The summed E-state index contributed by atoms with van der Waals surface area (Å²) in [5, 5.41) is 0.